The molecule has 118 valence electrons. The molecular weight excluding hydrogens is 373 g/mol. The number of nitrogens with one attached hydrogen (secondary N) is 1. The molecule has 1 rings (SSSR count). The Kier molecular flexibility index (Phi) is 7.96. The van der Waals surface area contributed by atoms with E-state index in [2.05, 4.69) is 4.72 Å². The average Bonchev–Trinajstić information content (AvgIpc) is 2.46. The number of benzene rings is 1. The molecule has 1 aromatic rings. The molecule has 0 radical (unpaired) electrons. The molecule has 1 aromatic carbocycles. The van der Waals surface area contributed by atoms with Crippen molar-refractivity contribution in [3.63, 3.8) is 0 Å². The Morgan fingerprint density at radius 1 is 1.29 bits per heavy atom. The summed E-state index contributed by atoms with van der Waals surface area (Å²) in [6.07, 6.45) is 2.28. The van der Waals surface area contributed by atoms with E-state index in [1.54, 1.807) is 29.0 Å². The molecule has 0 aliphatic heterocycles. The number of sulfonamides is 1. The van der Waals surface area contributed by atoms with Crippen LogP contribution >= 0.6 is 11.6 Å². The maximum absolute atomic E-state index is 12.3. The topological polar surface area (TPSA) is 63.2 Å². The summed E-state index contributed by atoms with van der Waals surface area (Å²) in [5, 5.41) is 1.07. The molecule has 0 heterocycles. The normalized spacial score (nSPS) is 13.1. The zero-order chi connectivity index (χ0) is 15.9. The monoisotopic (exact) mass is 393 g/mol. The molecule has 7 heteroatoms. The second-order valence-corrected chi connectivity index (χ2v) is 8.06. The molecule has 0 aromatic heterocycles. The van der Waals surface area contributed by atoms with Crippen LogP contribution in [0.3, 0.4) is 0 Å². The van der Waals surface area contributed by atoms with Gasteiger partial charge in [-0.05, 0) is 0 Å². The number of hydrogen-bond donors (Lipinski definition) is 1. The van der Waals surface area contributed by atoms with E-state index >= 15 is 0 Å². The third-order valence-corrected chi connectivity index (χ3v) is 5.70. The fourth-order valence-corrected chi connectivity index (χ4v) is 3.89. The summed E-state index contributed by atoms with van der Waals surface area (Å²) >= 11 is 7.20. The van der Waals surface area contributed by atoms with Crippen molar-refractivity contribution in [2.24, 2.45) is 0 Å². The molecule has 0 aliphatic carbocycles. The first-order valence-electron chi connectivity index (χ1n) is 6.78. The van der Waals surface area contributed by atoms with Gasteiger partial charge in [0.2, 0.25) is 0 Å². The number of rotatable bonds is 9. The van der Waals surface area contributed by atoms with Gasteiger partial charge in [-0.15, -0.1) is 0 Å². The van der Waals surface area contributed by atoms with Crippen molar-refractivity contribution >= 4 is 44.3 Å². The number of ketones is 1. The van der Waals surface area contributed by atoms with Gasteiger partial charge in [-0.3, -0.25) is 0 Å². The van der Waals surface area contributed by atoms with Gasteiger partial charge < -0.3 is 0 Å². The Bertz CT molecular complexity index is 560. The molecule has 0 amide bonds. The Balaban J connectivity index is 2.85. The van der Waals surface area contributed by atoms with Crippen molar-refractivity contribution < 1.29 is 13.2 Å². The maximum atomic E-state index is 12.3. The first kappa shape index (κ1) is 18.7. The van der Waals surface area contributed by atoms with E-state index in [9.17, 15) is 13.2 Å². The second-order valence-electron chi connectivity index (χ2n) is 4.87. The molecular formula is C14H21AsClNO3S. The standard InChI is InChI=1S/C14H21AsClNO3S/c1-11-5-7-12(8-6-11)21(19,20)17-13(14(18)10-16)4-2-3-9-15/h5-8,13,17H,2-4,9-10,15H2,1H3. The van der Waals surface area contributed by atoms with Gasteiger partial charge in [-0.1, -0.05) is 0 Å². The van der Waals surface area contributed by atoms with Gasteiger partial charge in [0.1, 0.15) is 0 Å². The van der Waals surface area contributed by atoms with Gasteiger partial charge in [-0.2, -0.15) is 0 Å². The van der Waals surface area contributed by atoms with Crippen molar-refractivity contribution in [1.29, 1.82) is 0 Å². The van der Waals surface area contributed by atoms with Crippen LogP contribution in [0.2, 0.25) is 5.21 Å². The second kappa shape index (κ2) is 8.94. The third kappa shape index (κ3) is 6.11. The molecule has 21 heavy (non-hydrogen) atoms. The number of hydrogen-bond acceptors (Lipinski definition) is 3. The molecule has 0 aliphatic rings. The van der Waals surface area contributed by atoms with Crippen molar-refractivity contribution in [3.05, 3.63) is 29.8 Å². The summed E-state index contributed by atoms with van der Waals surface area (Å²) in [5.74, 6) is -0.467. The average molecular weight is 394 g/mol. The quantitative estimate of drug-likeness (QED) is 0.394. The number of halogens is 1. The summed E-state index contributed by atoms with van der Waals surface area (Å²) < 4.78 is 27.1. The van der Waals surface area contributed by atoms with Crippen molar-refractivity contribution in [2.45, 2.75) is 42.3 Å². The molecule has 0 saturated carbocycles. The zero-order valence-corrected chi connectivity index (χ0v) is 16.0. The van der Waals surface area contributed by atoms with E-state index in [1.807, 2.05) is 6.92 Å². The van der Waals surface area contributed by atoms with Crippen LogP contribution < -0.4 is 4.72 Å². The predicted molar refractivity (Wildman–Crippen MR) is 88.2 cm³/mol. The Morgan fingerprint density at radius 2 is 1.90 bits per heavy atom. The van der Waals surface area contributed by atoms with Crippen LogP contribution in [0.15, 0.2) is 29.2 Å². The van der Waals surface area contributed by atoms with Gasteiger partial charge in [-0.25, -0.2) is 0 Å². The Hall–Kier alpha value is -0.352. The fourth-order valence-electron chi connectivity index (χ4n) is 1.84. The van der Waals surface area contributed by atoms with E-state index in [0.717, 1.165) is 23.6 Å². The van der Waals surface area contributed by atoms with Gasteiger partial charge in [0.25, 0.3) is 0 Å². The van der Waals surface area contributed by atoms with Crippen molar-refractivity contribution in [3.8, 4) is 0 Å². The number of carbonyl (C=O) groups is 1. The number of alkyl halides is 1. The van der Waals surface area contributed by atoms with Gasteiger partial charge in [0, 0.05) is 0 Å². The SMILES string of the molecule is Cc1ccc(S(=O)(=O)NC(CCCC[AsH2])C(=O)CCl)cc1. The number of carbonyl (C=O) groups excluding carboxylic acids is 1. The fraction of sp³-hybridized carbons (Fsp3) is 0.500. The minimum atomic E-state index is -3.69. The van der Waals surface area contributed by atoms with Gasteiger partial charge in [0.15, 0.2) is 0 Å². The molecule has 4 nitrogen and oxygen atoms in total. The van der Waals surface area contributed by atoms with Crippen LogP contribution in [0.25, 0.3) is 0 Å². The van der Waals surface area contributed by atoms with E-state index in [0.29, 0.717) is 6.42 Å². The molecule has 2 unspecified atom stereocenters. The zero-order valence-electron chi connectivity index (χ0n) is 12.0. The number of aryl methyl sites for hydroxylation is 1. The van der Waals surface area contributed by atoms with Gasteiger partial charge in [0.05, 0.1) is 0 Å². The van der Waals surface area contributed by atoms with Crippen molar-refractivity contribution in [1.82, 2.24) is 4.72 Å². The number of Topliss-reactive ketones (excluding diaryl/α,β-unsaturated/α-hetero) is 1. The van der Waals surface area contributed by atoms with Crippen LogP contribution in [-0.4, -0.2) is 43.0 Å². The van der Waals surface area contributed by atoms with Crippen LogP contribution in [0, 0.1) is 6.92 Å². The Morgan fingerprint density at radius 3 is 2.43 bits per heavy atom. The summed E-state index contributed by atoms with van der Waals surface area (Å²) in [7, 11) is -3.69. The molecule has 0 saturated heterocycles. The van der Waals surface area contributed by atoms with Crippen LogP contribution in [0.5, 0.6) is 0 Å². The van der Waals surface area contributed by atoms with E-state index in [-0.39, 0.29) is 16.6 Å². The molecule has 0 bridgehead atoms. The van der Waals surface area contributed by atoms with E-state index in [1.165, 1.54) is 12.1 Å². The van der Waals surface area contributed by atoms with Crippen LogP contribution in [0.1, 0.15) is 24.8 Å². The molecule has 2 atom stereocenters. The van der Waals surface area contributed by atoms with Crippen LogP contribution in [-0.2, 0) is 14.8 Å². The first-order valence-corrected chi connectivity index (χ1v) is 10.5. The number of unbranched alkanes of at least 4 members (excludes halogenated alkanes) is 1. The van der Waals surface area contributed by atoms with Crippen LogP contribution in [0.4, 0.5) is 0 Å². The molecule has 0 spiro atoms. The summed E-state index contributed by atoms with van der Waals surface area (Å²) in [5.41, 5.74) is 0.979. The Labute approximate surface area is 140 Å². The van der Waals surface area contributed by atoms with Gasteiger partial charge >= 0.3 is 140 Å². The summed E-state index contributed by atoms with van der Waals surface area (Å²) in [6, 6.07) is 5.79. The minimum absolute atomic E-state index is 0.166. The van der Waals surface area contributed by atoms with Crippen molar-refractivity contribution in [2.75, 3.05) is 5.88 Å². The summed E-state index contributed by atoms with van der Waals surface area (Å²) in [4.78, 5) is 12.0. The predicted octanol–water partition coefficient (Wildman–Crippen LogP) is 1.67. The first-order chi connectivity index (χ1) is 9.90. The third-order valence-electron chi connectivity index (χ3n) is 3.10. The summed E-state index contributed by atoms with van der Waals surface area (Å²) in [6.45, 7) is 1.88. The molecule has 0 fully saturated rings. The molecule has 1 N–H and O–H groups in total. The van der Waals surface area contributed by atoms with E-state index in [4.69, 9.17) is 11.6 Å². The van der Waals surface area contributed by atoms with E-state index < -0.39 is 16.1 Å².